The van der Waals surface area contributed by atoms with Crippen LogP contribution in [0.15, 0.2) is 42.6 Å². The van der Waals surface area contributed by atoms with Crippen LogP contribution in [0.1, 0.15) is 25.4 Å². The molecule has 0 aliphatic carbocycles. The molecule has 0 aliphatic heterocycles. The fourth-order valence-corrected chi connectivity index (χ4v) is 3.03. The number of nitrogen functional groups attached to an aromatic ring is 1. The zero-order valence-electron chi connectivity index (χ0n) is 15.5. The quantitative estimate of drug-likeness (QED) is 0.561. The first-order valence-corrected chi connectivity index (χ1v) is 8.64. The number of rotatable bonds is 5. The van der Waals surface area contributed by atoms with Gasteiger partial charge in [-0.05, 0) is 38.1 Å². The van der Waals surface area contributed by atoms with Crippen molar-refractivity contribution < 1.29 is 4.74 Å². The van der Waals surface area contributed by atoms with Crippen molar-refractivity contribution in [3.63, 3.8) is 0 Å². The molecule has 0 radical (unpaired) electrons. The molecule has 0 saturated heterocycles. The van der Waals surface area contributed by atoms with Gasteiger partial charge in [0.2, 0.25) is 5.95 Å². The topological polar surface area (TPSA) is 103 Å². The molecule has 0 aliphatic rings. The van der Waals surface area contributed by atoms with E-state index < -0.39 is 0 Å². The molecule has 0 saturated carbocycles. The van der Waals surface area contributed by atoms with Gasteiger partial charge in [-0.25, -0.2) is 9.97 Å². The molecule has 138 valence electrons. The lowest BCUT2D eigenvalue weighted by molar-refractivity contribution is 0.385. The van der Waals surface area contributed by atoms with Crippen molar-refractivity contribution in [3.05, 3.63) is 54.1 Å². The Kier molecular flexibility index (Phi) is 4.12. The third-order valence-electron chi connectivity index (χ3n) is 4.55. The normalized spacial score (nSPS) is 12.0. The zero-order valence-corrected chi connectivity index (χ0v) is 15.5. The van der Waals surface area contributed by atoms with E-state index in [0.717, 1.165) is 11.1 Å². The molecule has 1 aromatic carbocycles. The van der Waals surface area contributed by atoms with Crippen LogP contribution in [0, 0.1) is 0 Å². The minimum Gasteiger partial charge on any atom is -0.494 e. The first-order chi connectivity index (χ1) is 13.0. The molecule has 3 aromatic heterocycles. The van der Waals surface area contributed by atoms with Crippen LogP contribution in [0.2, 0.25) is 0 Å². The summed E-state index contributed by atoms with van der Waals surface area (Å²) in [5, 5.41) is 8.80. The molecule has 0 unspecified atom stereocenters. The number of hydrogen-bond acceptors (Lipinski definition) is 7. The highest BCUT2D eigenvalue weighted by molar-refractivity contribution is 5.95. The van der Waals surface area contributed by atoms with Crippen LogP contribution in [-0.4, -0.2) is 31.7 Å². The number of anilines is 1. The van der Waals surface area contributed by atoms with E-state index in [4.69, 9.17) is 10.5 Å². The highest BCUT2D eigenvalue weighted by Crippen LogP contribution is 2.27. The van der Waals surface area contributed by atoms with Gasteiger partial charge in [0.1, 0.15) is 11.3 Å². The molecule has 3 heterocycles. The van der Waals surface area contributed by atoms with Crippen molar-refractivity contribution >= 4 is 22.5 Å². The molecule has 27 heavy (non-hydrogen) atoms. The Labute approximate surface area is 156 Å². The summed E-state index contributed by atoms with van der Waals surface area (Å²) in [5.74, 6) is 1.55. The lowest BCUT2D eigenvalue weighted by atomic mass is 10.00. The molecule has 0 atom stereocenters. The number of ether oxygens (including phenoxy) is 1. The molecule has 4 aromatic rings. The first kappa shape index (κ1) is 17.2. The largest absolute Gasteiger partial charge is 0.494 e. The van der Waals surface area contributed by atoms with Crippen LogP contribution in [0.5, 0.6) is 5.75 Å². The summed E-state index contributed by atoms with van der Waals surface area (Å²) < 4.78 is 6.95. The van der Waals surface area contributed by atoms with Gasteiger partial charge < -0.3 is 10.5 Å². The predicted octanol–water partition coefficient (Wildman–Crippen LogP) is 2.29. The number of nitrogens with one attached hydrogen (secondary N) is 1. The van der Waals surface area contributed by atoms with Gasteiger partial charge in [-0.3, -0.25) is 10.3 Å². The van der Waals surface area contributed by atoms with Crippen molar-refractivity contribution in [2.75, 3.05) is 12.8 Å². The number of nitrogens with zero attached hydrogens (tertiary/aromatic N) is 5. The van der Waals surface area contributed by atoms with Crippen LogP contribution in [0.3, 0.4) is 0 Å². The second-order valence-corrected chi connectivity index (χ2v) is 6.78. The van der Waals surface area contributed by atoms with Gasteiger partial charge in [0.15, 0.2) is 11.5 Å². The van der Waals surface area contributed by atoms with Gasteiger partial charge in [0, 0.05) is 11.6 Å². The Morgan fingerprint density at radius 3 is 2.74 bits per heavy atom. The number of para-hydroxylation sites is 1. The van der Waals surface area contributed by atoms with E-state index >= 15 is 0 Å². The van der Waals surface area contributed by atoms with E-state index in [0.29, 0.717) is 29.3 Å². The Balaban J connectivity index is 1.70. The van der Waals surface area contributed by atoms with Gasteiger partial charge in [0.25, 0.3) is 0 Å². The van der Waals surface area contributed by atoms with E-state index in [-0.39, 0.29) is 11.5 Å². The second-order valence-electron chi connectivity index (χ2n) is 6.78. The number of methoxy groups -OCH3 is 1. The molecular formula is C19H21N7O. The molecule has 3 N–H and O–H groups in total. The van der Waals surface area contributed by atoms with Crippen LogP contribution >= 0.6 is 0 Å². The van der Waals surface area contributed by atoms with Crippen molar-refractivity contribution in [1.29, 1.82) is 0 Å². The first-order valence-electron chi connectivity index (χ1n) is 8.64. The van der Waals surface area contributed by atoms with Crippen molar-refractivity contribution in [2.24, 2.45) is 0 Å². The van der Waals surface area contributed by atoms with E-state index in [1.807, 2.05) is 36.4 Å². The van der Waals surface area contributed by atoms with Crippen LogP contribution in [0.25, 0.3) is 16.6 Å². The third kappa shape index (κ3) is 3.04. The van der Waals surface area contributed by atoms with Gasteiger partial charge in [-0.15, -0.1) is 5.10 Å². The van der Waals surface area contributed by atoms with Gasteiger partial charge in [-0.1, -0.05) is 12.1 Å². The summed E-state index contributed by atoms with van der Waals surface area (Å²) in [6, 6.07) is 11.5. The van der Waals surface area contributed by atoms with Crippen LogP contribution in [0.4, 0.5) is 5.95 Å². The second kappa shape index (κ2) is 6.48. The van der Waals surface area contributed by atoms with Crippen LogP contribution < -0.4 is 15.8 Å². The van der Waals surface area contributed by atoms with E-state index in [1.54, 1.807) is 17.8 Å². The average molecular weight is 363 g/mol. The molecule has 8 heteroatoms. The van der Waals surface area contributed by atoms with E-state index in [9.17, 15) is 0 Å². The lowest BCUT2D eigenvalue weighted by Crippen LogP contribution is -2.37. The van der Waals surface area contributed by atoms with Crippen molar-refractivity contribution in [2.45, 2.75) is 25.9 Å². The maximum atomic E-state index is 6.10. The molecule has 0 bridgehead atoms. The number of benzene rings is 1. The SMILES string of the molecule is COc1cccc2c1nc(N)n1nc(CNC(C)(C)c3ccccn3)nc21. The summed E-state index contributed by atoms with van der Waals surface area (Å²) in [6.45, 7) is 4.61. The van der Waals surface area contributed by atoms with E-state index in [1.165, 1.54) is 0 Å². The molecule has 0 fully saturated rings. The maximum Gasteiger partial charge on any atom is 0.223 e. The Morgan fingerprint density at radius 1 is 1.15 bits per heavy atom. The van der Waals surface area contributed by atoms with Crippen LogP contribution in [-0.2, 0) is 12.1 Å². The number of nitrogens with two attached hydrogens (primary N) is 1. The summed E-state index contributed by atoms with van der Waals surface area (Å²) in [5.41, 5.74) is 8.05. The third-order valence-corrected chi connectivity index (χ3v) is 4.55. The van der Waals surface area contributed by atoms with Gasteiger partial charge in [0.05, 0.1) is 24.9 Å². The Hall–Kier alpha value is -3.26. The number of pyridine rings is 1. The summed E-state index contributed by atoms with van der Waals surface area (Å²) in [7, 11) is 1.61. The minimum absolute atomic E-state index is 0.268. The highest BCUT2D eigenvalue weighted by Gasteiger charge is 2.22. The number of fused-ring (bicyclic) bond motifs is 3. The van der Waals surface area contributed by atoms with Gasteiger partial charge in [-0.2, -0.15) is 4.52 Å². The standard InChI is InChI=1S/C19H21N7O/c1-19(2,14-9-4-5-10-21-14)22-11-15-23-17-12-7-6-8-13(27-3)16(12)24-18(20)26(17)25-15/h4-10,22H,11H2,1-3H3,(H2,20,24). The Bertz CT molecular complexity index is 1110. The lowest BCUT2D eigenvalue weighted by Gasteiger charge is -2.25. The summed E-state index contributed by atoms with van der Waals surface area (Å²) in [6.07, 6.45) is 1.79. The molecule has 0 spiro atoms. The molecule has 0 amide bonds. The highest BCUT2D eigenvalue weighted by atomic mass is 16.5. The summed E-state index contributed by atoms with van der Waals surface area (Å²) >= 11 is 0. The van der Waals surface area contributed by atoms with E-state index in [2.05, 4.69) is 39.2 Å². The fraction of sp³-hybridized carbons (Fsp3) is 0.263. The monoisotopic (exact) mass is 363 g/mol. The molecular weight excluding hydrogens is 342 g/mol. The average Bonchev–Trinajstić information content (AvgIpc) is 3.12. The number of aromatic nitrogens is 5. The fourth-order valence-electron chi connectivity index (χ4n) is 3.03. The predicted molar refractivity (Wildman–Crippen MR) is 103 cm³/mol. The molecule has 4 rings (SSSR count). The zero-order chi connectivity index (χ0) is 19.0. The maximum absolute atomic E-state index is 6.10. The van der Waals surface area contributed by atoms with Gasteiger partial charge >= 0.3 is 0 Å². The molecule has 8 nitrogen and oxygen atoms in total. The minimum atomic E-state index is -0.326. The smallest absolute Gasteiger partial charge is 0.223 e. The number of hydrogen-bond donors (Lipinski definition) is 2. The summed E-state index contributed by atoms with van der Waals surface area (Å²) in [4.78, 5) is 13.5. The van der Waals surface area contributed by atoms with Crippen molar-refractivity contribution in [3.8, 4) is 5.75 Å². The van der Waals surface area contributed by atoms with Crippen molar-refractivity contribution in [1.82, 2.24) is 29.9 Å². The Morgan fingerprint density at radius 2 is 2.00 bits per heavy atom.